The Kier molecular flexibility index (Phi) is 6.31. The minimum Gasteiger partial charge on any atom is -0.463 e. The molecule has 1 saturated carbocycles. The zero-order chi connectivity index (χ0) is 15.2. The predicted octanol–water partition coefficient (Wildman–Crippen LogP) is 4.10. The number of nitrogens with one attached hydrogen (secondary N) is 1. The summed E-state index contributed by atoms with van der Waals surface area (Å²) >= 11 is 0. The molecule has 0 spiro atoms. The Morgan fingerprint density at radius 2 is 2.05 bits per heavy atom. The molecule has 1 fully saturated rings. The molecule has 0 radical (unpaired) electrons. The summed E-state index contributed by atoms with van der Waals surface area (Å²) in [5.74, 6) is 2.94. The lowest BCUT2D eigenvalue weighted by Gasteiger charge is -2.29. The molecule has 3 heteroatoms. The predicted molar refractivity (Wildman–Crippen MR) is 88.3 cm³/mol. The van der Waals surface area contributed by atoms with Crippen molar-refractivity contribution in [3.63, 3.8) is 0 Å². The number of nitrogens with zero attached hydrogens (tertiary/aromatic N) is 1. The monoisotopic (exact) mass is 292 g/mol. The van der Waals surface area contributed by atoms with Gasteiger partial charge >= 0.3 is 0 Å². The molecule has 1 N–H and O–H groups in total. The van der Waals surface area contributed by atoms with Gasteiger partial charge in [-0.2, -0.15) is 0 Å². The Hall–Kier alpha value is -0.800. The average Bonchev–Trinajstić information content (AvgIpc) is 3.05. The van der Waals surface area contributed by atoms with Crippen LogP contribution in [-0.2, 0) is 13.1 Å². The van der Waals surface area contributed by atoms with Crippen LogP contribution in [0.1, 0.15) is 63.5 Å². The number of hydrogen-bond donors (Lipinski definition) is 1. The van der Waals surface area contributed by atoms with Crippen LogP contribution in [0.2, 0.25) is 0 Å². The molecular weight excluding hydrogens is 260 g/mol. The second-order valence-corrected chi connectivity index (χ2v) is 6.86. The van der Waals surface area contributed by atoms with Crippen LogP contribution in [0.25, 0.3) is 0 Å². The maximum absolute atomic E-state index is 6.08. The Balaban J connectivity index is 2.01. The van der Waals surface area contributed by atoms with Gasteiger partial charge in [0.1, 0.15) is 11.5 Å². The van der Waals surface area contributed by atoms with Crippen molar-refractivity contribution in [1.82, 2.24) is 10.2 Å². The second kappa shape index (κ2) is 8.00. The topological polar surface area (TPSA) is 28.4 Å². The largest absolute Gasteiger partial charge is 0.463 e. The van der Waals surface area contributed by atoms with Crippen LogP contribution in [0, 0.1) is 12.8 Å². The van der Waals surface area contributed by atoms with E-state index in [2.05, 4.69) is 44.0 Å². The molecule has 3 nitrogen and oxygen atoms in total. The molecule has 0 aliphatic heterocycles. The van der Waals surface area contributed by atoms with Crippen LogP contribution in [0.15, 0.2) is 10.5 Å². The molecule has 1 aromatic heterocycles. The highest BCUT2D eigenvalue weighted by Crippen LogP contribution is 2.26. The van der Waals surface area contributed by atoms with Crippen LogP contribution in [0.4, 0.5) is 0 Å². The zero-order valence-electron chi connectivity index (χ0n) is 14.2. The molecular formula is C18H32N2O. The van der Waals surface area contributed by atoms with Gasteiger partial charge in [-0.25, -0.2) is 0 Å². The van der Waals surface area contributed by atoms with E-state index in [1.807, 2.05) is 0 Å². The van der Waals surface area contributed by atoms with Gasteiger partial charge in [-0.05, 0) is 43.9 Å². The van der Waals surface area contributed by atoms with Crippen LogP contribution < -0.4 is 5.32 Å². The van der Waals surface area contributed by atoms with Crippen molar-refractivity contribution < 1.29 is 4.42 Å². The SMILES string of the molecule is CCNCc1oc(CN(CC(C)C)C2CCCC2)cc1C. The van der Waals surface area contributed by atoms with E-state index in [9.17, 15) is 0 Å². The summed E-state index contributed by atoms with van der Waals surface area (Å²) in [7, 11) is 0. The van der Waals surface area contributed by atoms with E-state index < -0.39 is 0 Å². The fourth-order valence-electron chi connectivity index (χ4n) is 3.36. The van der Waals surface area contributed by atoms with Crippen molar-refractivity contribution in [2.24, 2.45) is 5.92 Å². The standard InChI is InChI=1S/C18H32N2O/c1-5-19-11-18-15(4)10-17(21-18)13-20(12-14(2)3)16-8-6-7-9-16/h10,14,16,19H,5-9,11-13H2,1-4H3. The van der Waals surface area contributed by atoms with Crippen molar-refractivity contribution in [2.45, 2.75) is 72.5 Å². The fourth-order valence-corrected chi connectivity index (χ4v) is 3.36. The molecule has 1 aromatic rings. The highest BCUT2D eigenvalue weighted by atomic mass is 16.3. The minimum absolute atomic E-state index is 0.711. The Bertz CT molecular complexity index is 419. The highest BCUT2D eigenvalue weighted by molar-refractivity contribution is 5.20. The molecule has 0 atom stereocenters. The lowest BCUT2D eigenvalue weighted by molar-refractivity contribution is 0.155. The van der Waals surface area contributed by atoms with Crippen molar-refractivity contribution in [3.05, 3.63) is 23.2 Å². The average molecular weight is 292 g/mol. The molecule has 1 aliphatic carbocycles. The van der Waals surface area contributed by atoms with E-state index in [0.717, 1.165) is 37.2 Å². The van der Waals surface area contributed by atoms with Crippen molar-refractivity contribution >= 4 is 0 Å². The lowest BCUT2D eigenvalue weighted by atomic mass is 10.1. The van der Waals surface area contributed by atoms with Crippen LogP contribution >= 0.6 is 0 Å². The first-order valence-electron chi connectivity index (χ1n) is 8.63. The van der Waals surface area contributed by atoms with Gasteiger partial charge < -0.3 is 9.73 Å². The molecule has 0 aromatic carbocycles. The zero-order valence-corrected chi connectivity index (χ0v) is 14.2. The quantitative estimate of drug-likeness (QED) is 0.782. The summed E-state index contributed by atoms with van der Waals surface area (Å²) in [5, 5.41) is 3.35. The fraction of sp³-hybridized carbons (Fsp3) is 0.778. The minimum atomic E-state index is 0.711. The van der Waals surface area contributed by atoms with Gasteiger partial charge in [-0.3, -0.25) is 4.90 Å². The third-order valence-corrected chi connectivity index (χ3v) is 4.41. The Morgan fingerprint density at radius 1 is 1.33 bits per heavy atom. The third-order valence-electron chi connectivity index (χ3n) is 4.41. The smallest absolute Gasteiger partial charge is 0.120 e. The summed E-state index contributed by atoms with van der Waals surface area (Å²) < 4.78 is 6.08. The van der Waals surface area contributed by atoms with Gasteiger partial charge in [0, 0.05) is 12.6 Å². The molecule has 1 aliphatic rings. The van der Waals surface area contributed by atoms with Gasteiger partial charge in [0.25, 0.3) is 0 Å². The van der Waals surface area contributed by atoms with E-state index in [1.165, 1.54) is 37.8 Å². The molecule has 21 heavy (non-hydrogen) atoms. The number of rotatable bonds is 8. The molecule has 0 amide bonds. The molecule has 2 rings (SSSR count). The van der Waals surface area contributed by atoms with E-state index in [0.29, 0.717) is 5.92 Å². The van der Waals surface area contributed by atoms with Gasteiger partial charge in [0.05, 0.1) is 13.1 Å². The van der Waals surface area contributed by atoms with Crippen LogP contribution in [-0.4, -0.2) is 24.0 Å². The van der Waals surface area contributed by atoms with Crippen LogP contribution in [0.3, 0.4) is 0 Å². The summed E-state index contributed by atoms with van der Waals surface area (Å²) in [4.78, 5) is 2.65. The van der Waals surface area contributed by atoms with Crippen molar-refractivity contribution in [1.29, 1.82) is 0 Å². The molecule has 0 saturated heterocycles. The first kappa shape index (κ1) is 16.6. The van der Waals surface area contributed by atoms with Gasteiger partial charge in [0.2, 0.25) is 0 Å². The van der Waals surface area contributed by atoms with Gasteiger partial charge in [-0.15, -0.1) is 0 Å². The van der Waals surface area contributed by atoms with Crippen LogP contribution in [0.5, 0.6) is 0 Å². The summed E-state index contributed by atoms with van der Waals surface area (Å²) in [5.41, 5.74) is 1.28. The Morgan fingerprint density at radius 3 is 2.67 bits per heavy atom. The number of furan rings is 1. The maximum atomic E-state index is 6.08. The van der Waals surface area contributed by atoms with E-state index in [4.69, 9.17) is 4.42 Å². The third kappa shape index (κ3) is 4.86. The summed E-state index contributed by atoms with van der Waals surface area (Å²) in [6.07, 6.45) is 5.50. The number of hydrogen-bond acceptors (Lipinski definition) is 3. The van der Waals surface area contributed by atoms with Gasteiger partial charge in [-0.1, -0.05) is 33.6 Å². The summed E-state index contributed by atoms with van der Waals surface area (Å²) in [6, 6.07) is 2.99. The first-order chi connectivity index (χ1) is 10.1. The normalized spacial score (nSPS) is 16.5. The molecule has 0 bridgehead atoms. The summed E-state index contributed by atoms with van der Waals surface area (Å²) in [6.45, 7) is 12.9. The maximum Gasteiger partial charge on any atom is 0.120 e. The molecule has 0 unspecified atom stereocenters. The lowest BCUT2D eigenvalue weighted by Crippen LogP contribution is -2.35. The first-order valence-corrected chi connectivity index (χ1v) is 8.63. The van der Waals surface area contributed by atoms with Crippen molar-refractivity contribution in [3.8, 4) is 0 Å². The highest BCUT2D eigenvalue weighted by Gasteiger charge is 2.24. The van der Waals surface area contributed by atoms with Gasteiger partial charge in [0.15, 0.2) is 0 Å². The van der Waals surface area contributed by atoms with Crippen molar-refractivity contribution in [2.75, 3.05) is 13.1 Å². The Labute approximate surface area is 130 Å². The number of aryl methyl sites for hydroxylation is 1. The van der Waals surface area contributed by atoms with E-state index in [1.54, 1.807) is 0 Å². The molecule has 120 valence electrons. The molecule has 1 heterocycles. The van der Waals surface area contributed by atoms with E-state index in [-0.39, 0.29) is 0 Å². The second-order valence-electron chi connectivity index (χ2n) is 6.86. The van der Waals surface area contributed by atoms with E-state index >= 15 is 0 Å².